The first-order valence-corrected chi connectivity index (χ1v) is 31.1. The van der Waals surface area contributed by atoms with E-state index in [9.17, 15) is 71.1 Å². The summed E-state index contributed by atoms with van der Waals surface area (Å²) in [7, 11) is 0. The van der Waals surface area contributed by atoms with E-state index in [1.165, 1.54) is 0 Å². The molecule has 0 N–H and O–H groups in total. The molecule has 3 nitrogen and oxygen atoms in total. The van der Waals surface area contributed by atoms with Gasteiger partial charge in [-0.2, -0.15) is 137 Å². The summed E-state index contributed by atoms with van der Waals surface area (Å²) in [5.74, 6) is 0. The van der Waals surface area contributed by atoms with Crippen LogP contribution in [0.15, 0.2) is 200 Å². The maximum Gasteiger partial charge on any atom is 0.417 e. The van der Waals surface area contributed by atoms with Crippen molar-refractivity contribution < 1.29 is 132 Å². The van der Waals surface area contributed by atoms with E-state index in [-0.39, 0.29) is 110 Å². The maximum absolute atomic E-state index is 15.4. The number of benzene rings is 11. The minimum Gasteiger partial charge on any atom is -0.309 e. The average Bonchev–Trinajstić information content (AvgIpc) is 1.55. The van der Waals surface area contributed by atoms with Crippen LogP contribution in [0.5, 0.6) is 0 Å². The van der Waals surface area contributed by atoms with Gasteiger partial charge in [-0.05, 0) is 195 Å². The van der Waals surface area contributed by atoms with Gasteiger partial charge in [0, 0.05) is 32.7 Å². The van der Waals surface area contributed by atoms with Gasteiger partial charge >= 0.3 is 61.8 Å². The van der Waals surface area contributed by atoms with Crippen LogP contribution >= 0.6 is 0 Å². The first-order chi connectivity index (χ1) is 50.8. The lowest BCUT2D eigenvalue weighted by atomic mass is 9.91. The fraction of sp³-hybridized carbons (Fsp3) is 0.130. The smallest absolute Gasteiger partial charge is 0.309 e. The maximum atomic E-state index is 15.4. The molecule has 0 aliphatic heterocycles. The monoisotopic (exact) mass is 1570 g/mol. The van der Waals surface area contributed by atoms with Crippen molar-refractivity contribution in [2.45, 2.75) is 61.8 Å². The van der Waals surface area contributed by atoms with Gasteiger partial charge in [0.2, 0.25) is 0 Å². The van der Waals surface area contributed by atoms with E-state index in [4.69, 9.17) is 0 Å². The van der Waals surface area contributed by atoms with Crippen LogP contribution in [-0.2, 0) is 61.8 Å². The predicted octanol–water partition coefficient (Wildman–Crippen LogP) is 27.9. The largest absolute Gasteiger partial charge is 0.417 e. The van der Waals surface area contributed by atoms with E-state index in [0.717, 1.165) is 118 Å². The molecule has 0 amide bonds. The van der Waals surface area contributed by atoms with Crippen molar-refractivity contribution in [3.8, 4) is 84.2 Å². The van der Waals surface area contributed by atoms with Crippen LogP contribution in [0.4, 0.5) is 132 Å². The fourth-order valence-electron chi connectivity index (χ4n) is 13.4. The Hall–Kier alpha value is -11.6. The van der Waals surface area contributed by atoms with Crippen molar-refractivity contribution >= 4 is 43.6 Å². The molecular weight excluding hydrogens is 1540 g/mol. The van der Waals surface area contributed by atoms with E-state index >= 15 is 65.9 Å². The summed E-state index contributed by atoms with van der Waals surface area (Å²) in [5.41, 5.74) is -29.8. The van der Waals surface area contributed by atoms with Gasteiger partial charge in [0.15, 0.2) is 0 Å². The molecule has 0 atom stereocenters. The van der Waals surface area contributed by atoms with Crippen LogP contribution in [-0.4, -0.2) is 9.13 Å². The Morgan fingerprint density at radius 1 is 0.200 bits per heavy atom. The Morgan fingerprint density at radius 2 is 0.409 bits per heavy atom. The molecule has 0 radical (unpaired) electrons. The molecule has 0 saturated heterocycles. The molecule has 0 aliphatic rings. The quantitative estimate of drug-likeness (QED) is 0.140. The van der Waals surface area contributed by atoms with E-state index in [2.05, 4.69) is 0 Å². The second-order valence-electron chi connectivity index (χ2n) is 25.0. The molecule has 0 spiro atoms. The third kappa shape index (κ3) is 14.1. The molecule has 0 aliphatic carbocycles. The molecule has 13 rings (SSSR count). The highest BCUT2D eigenvalue weighted by Crippen LogP contribution is 2.52. The van der Waals surface area contributed by atoms with Gasteiger partial charge < -0.3 is 9.13 Å². The number of alkyl halides is 30. The number of hydrogen-bond acceptors (Lipinski definition) is 1. The first kappa shape index (κ1) is 76.6. The summed E-state index contributed by atoms with van der Waals surface area (Å²) in [6.45, 7) is 0. The zero-order valence-corrected chi connectivity index (χ0v) is 53.7. The van der Waals surface area contributed by atoms with Crippen LogP contribution in [0, 0.1) is 11.3 Å². The Morgan fingerprint density at radius 3 is 0.627 bits per heavy atom. The fourth-order valence-corrected chi connectivity index (χ4v) is 13.4. The zero-order valence-electron chi connectivity index (χ0n) is 53.7. The summed E-state index contributed by atoms with van der Waals surface area (Å²) in [6, 6.07) is 21.2. The third-order valence-electron chi connectivity index (χ3n) is 18.2. The third-order valence-corrected chi connectivity index (χ3v) is 18.2. The molecule has 13 aromatic rings. The normalized spacial score (nSPS) is 13.4. The van der Waals surface area contributed by atoms with Gasteiger partial charge in [0.1, 0.15) is 0 Å². The van der Waals surface area contributed by atoms with Gasteiger partial charge in [-0.25, -0.2) is 0 Å². The molecular formula is C77H33F30N3. The number of hydrogen-bond donors (Lipinski definition) is 0. The van der Waals surface area contributed by atoms with Crippen LogP contribution in [0.3, 0.4) is 0 Å². The molecule has 2 aromatic heterocycles. The van der Waals surface area contributed by atoms with Gasteiger partial charge in [-0.15, -0.1) is 0 Å². The summed E-state index contributed by atoms with van der Waals surface area (Å²) >= 11 is 0. The number of fused-ring (bicyclic) bond motifs is 6. The number of nitrogens with zero attached hydrogens (tertiary/aromatic N) is 3. The first-order valence-electron chi connectivity index (χ1n) is 31.1. The minimum absolute atomic E-state index is 0.234. The summed E-state index contributed by atoms with van der Waals surface area (Å²) < 4.78 is 440. The van der Waals surface area contributed by atoms with Gasteiger partial charge in [-0.3, -0.25) is 0 Å². The van der Waals surface area contributed by atoms with Crippen molar-refractivity contribution in [2.24, 2.45) is 0 Å². The van der Waals surface area contributed by atoms with Crippen LogP contribution in [0.1, 0.15) is 61.2 Å². The zero-order chi connectivity index (χ0) is 80.2. The molecule has 110 heavy (non-hydrogen) atoms. The Kier molecular flexibility index (Phi) is 18.0. The summed E-state index contributed by atoms with van der Waals surface area (Å²) in [5, 5.41) is 9.23. The molecule has 33 heteroatoms. The Bertz CT molecular complexity index is 5680. The van der Waals surface area contributed by atoms with Gasteiger partial charge in [-0.1, -0.05) is 60.7 Å². The van der Waals surface area contributed by atoms with Crippen molar-refractivity contribution in [3.63, 3.8) is 0 Å². The van der Waals surface area contributed by atoms with E-state index < -0.39 is 195 Å². The van der Waals surface area contributed by atoms with E-state index in [1.54, 1.807) is 0 Å². The molecule has 0 saturated carbocycles. The Labute approximate surface area is 595 Å². The highest BCUT2D eigenvalue weighted by Gasteiger charge is 2.45. The highest BCUT2D eigenvalue weighted by molar-refractivity contribution is 6.14. The lowest BCUT2D eigenvalue weighted by Crippen LogP contribution is -2.12. The van der Waals surface area contributed by atoms with E-state index in [1.807, 2.05) is 6.07 Å². The second-order valence-corrected chi connectivity index (χ2v) is 25.0. The number of halogens is 30. The van der Waals surface area contributed by atoms with Crippen molar-refractivity contribution in [1.29, 1.82) is 5.26 Å². The van der Waals surface area contributed by atoms with Crippen molar-refractivity contribution in [2.75, 3.05) is 0 Å². The van der Waals surface area contributed by atoms with Gasteiger partial charge in [0.25, 0.3) is 0 Å². The summed E-state index contributed by atoms with van der Waals surface area (Å²) in [4.78, 5) is 0. The average molecular weight is 1570 g/mol. The molecule has 11 aromatic carbocycles. The summed E-state index contributed by atoms with van der Waals surface area (Å²) in [6.07, 6.45) is -55.0. The second kappa shape index (κ2) is 25.8. The highest BCUT2D eigenvalue weighted by atomic mass is 19.4. The predicted molar refractivity (Wildman–Crippen MR) is 342 cm³/mol. The lowest BCUT2D eigenvalue weighted by molar-refractivity contribution is -0.144. The number of nitriles is 1. The topological polar surface area (TPSA) is 33.6 Å². The standard InChI is InChI=1S/C77H33F30N3/c78-68(79,80)41-7-12-46(57(29-41)73(93,94)95)36-2-18-63(110-66-21-5-39(49-15-10-44(71(87,88)89)32-60(49)76(102,103)104)27-55(66)56-28-40(6-22-67(56)110)50-16-11-45(72(90,91)92)33-61(50)77(105,106)107)52(24-36)51-23-35(34-108)1-17-62(51)109-64-19-3-37(47-13-8-42(69(81,82)83)30-58(47)74(96,97)98)25-53(64)54-26-38(4-20-65(54)109)48-14-9-43(70(84,85)86)31-59(48)75(99,100)101/h1-33H. The van der Waals surface area contributed by atoms with Crippen molar-refractivity contribution in [3.05, 3.63) is 261 Å². The molecule has 0 fully saturated rings. The van der Waals surface area contributed by atoms with Gasteiger partial charge in [0.05, 0.1) is 101 Å². The van der Waals surface area contributed by atoms with Crippen LogP contribution in [0.2, 0.25) is 0 Å². The van der Waals surface area contributed by atoms with Crippen molar-refractivity contribution in [1.82, 2.24) is 9.13 Å². The number of rotatable bonds is 8. The van der Waals surface area contributed by atoms with E-state index in [0.29, 0.717) is 30.3 Å². The molecule has 2 heterocycles. The van der Waals surface area contributed by atoms with Crippen LogP contribution < -0.4 is 0 Å². The minimum atomic E-state index is -5.68. The van der Waals surface area contributed by atoms with Crippen LogP contribution in [0.25, 0.3) is 122 Å². The molecule has 566 valence electrons. The number of aromatic nitrogens is 2. The molecule has 0 unspecified atom stereocenters. The lowest BCUT2D eigenvalue weighted by Gasteiger charge is -2.21. The SMILES string of the molecule is N#Cc1ccc(-n2c3ccc(-c4ccc(C(F)(F)F)cc4C(F)(F)F)cc3c3cc(-c4ccc(C(F)(F)F)cc4C(F)(F)F)ccc32)c(-c2cc(-c3ccc(C(F)(F)F)cc3C(F)(F)F)ccc2-n2c3ccc(-c4ccc(C(F)(F)F)cc4C(F)(F)F)cc3c3cc(-c4ccc(C(F)(F)F)cc4C(F)(F)F)ccc32)c1. The molecule has 0 bridgehead atoms. The Balaban J connectivity index is 1.17.